The Bertz CT molecular complexity index is 403. The van der Waals surface area contributed by atoms with Crippen LogP contribution in [0.3, 0.4) is 0 Å². The van der Waals surface area contributed by atoms with Gasteiger partial charge < -0.3 is 0 Å². The molecule has 204 valence electrons. The van der Waals surface area contributed by atoms with Crippen LogP contribution in [0.15, 0.2) is 0 Å². The minimum atomic E-state index is 0. The second kappa shape index (κ2) is 17.4. The lowest BCUT2D eigenvalue weighted by Gasteiger charge is -1.98. The summed E-state index contributed by atoms with van der Waals surface area (Å²) in [5.74, 6) is 12.3. The van der Waals surface area contributed by atoms with Crippen molar-refractivity contribution >= 4 is 0 Å². The molecule has 0 aromatic carbocycles. The minimum Gasteiger partial charge on any atom is -0.0776 e. The maximum atomic E-state index is 2.34. The zero-order valence-corrected chi connectivity index (χ0v) is 23.2. The van der Waals surface area contributed by atoms with Gasteiger partial charge in [-0.15, -0.1) is 0 Å². The van der Waals surface area contributed by atoms with E-state index in [1.54, 1.807) is 0 Å². The highest BCUT2D eigenvalue weighted by atomic mass is 14.4. The molecule has 33 heavy (non-hydrogen) atoms. The van der Waals surface area contributed by atoms with Crippen LogP contribution in [0, 0.1) is 71.0 Å². The van der Waals surface area contributed by atoms with Gasteiger partial charge >= 0.3 is 0 Å². The highest BCUT2D eigenvalue weighted by molar-refractivity contribution is 4.87. The van der Waals surface area contributed by atoms with Gasteiger partial charge in [0.15, 0.2) is 0 Å². The molecule has 0 radical (unpaired) electrons. The van der Waals surface area contributed by atoms with Crippen molar-refractivity contribution in [2.24, 2.45) is 71.0 Å². The molecule has 0 aliphatic heterocycles. The van der Waals surface area contributed by atoms with Crippen LogP contribution in [0.5, 0.6) is 0 Å². The Labute approximate surface area is 214 Å². The molecule has 8 atom stereocenters. The molecule has 0 bridgehead atoms. The van der Waals surface area contributed by atoms with Crippen molar-refractivity contribution in [2.45, 2.75) is 144 Å². The van der Waals surface area contributed by atoms with Crippen molar-refractivity contribution in [3.63, 3.8) is 0 Å². The smallest absolute Gasteiger partial charge is 0.0360 e. The SMILES string of the molecule is C.C.C.CC(C)C1CC1C.CC(C)C1CC1C.CCC1CC1C(C)C.CCC1CC1C(C)C. The third kappa shape index (κ3) is 14.9. The zero-order chi connectivity index (χ0) is 23.2. The summed E-state index contributed by atoms with van der Waals surface area (Å²) in [4.78, 5) is 0. The van der Waals surface area contributed by atoms with E-state index in [0.29, 0.717) is 0 Å². The first-order valence-electron chi connectivity index (χ1n) is 13.9. The minimum absolute atomic E-state index is 0. The predicted molar refractivity (Wildman–Crippen MR) is 158 cm³/mol. The molecule has 0 N–H and O–H groups in total. The van der Waals surface area contributed by atoms with Crippen LogP contribution in [0.2, 0.25) is 0 Å². The van der Waals surface area contributed by atoms with E-state index in [-0.39, 0.29) is 22.3 Å². The van der Waals surface area contributed by atoms with Gasteiger partial charge in [0.05, 0.1) is 0 Å². The van der Waals surface area contributed by atoms with Crippen molar-refractivity contribution in [1.82, 2.24) is 0 Å². The molecular formula is C33H72. The molecule has 4 rings (SSSR count). The Morgan fingerprint density at radius 2 is 0.667 bits per heavy atom. The van der Waals surface area contributed by atoms with Gasteiger partial charge in [-0.3, -0.25) is 0 Å². The van der Waals surface area contributed by atoms with Crippen molar-refractivity contribution in [3.8, 4) is 0 Å². The summed E-state index contributed by atoms with van der Waals surface area (Å²) in [6.07, 6.45) is 8.80. The second-order valence-electron chi connectivity index (χ2n) is 12.9. The predicted octanol–water partition coefficient (Wildman–Crippen LogP) is 11.9. The van der Waals surface area contributed by atoms with Crippen LogP contribution in [-0.2, 0) is 0 Å². The molecule has 8 unspecified atom stereocenters. The fraction of sp³-hybridized carbons (Fsp3) is 1.00. The number of rotatable bonds is 6. The maximum Gasteiger partial charge on any atom is -0.0360 e. The van der Waals surface area contributed by atoms with Gasteiger partial charge in [0.2, 0.25) is 0 Å². The molecule has 0 saturated heterocycles. The molecule has 4 fully saturated rings. The van der Waals surface area contributed by atoms with E-state index in [1.807, 2.05) is 0 Å². The van der Waals surface area contributed by atoms with Gasteiger partial charge in [-0.05, 0) is 96.7 Å². The van der Waals surface area contributed by atoms with Crippen molar-refractivity contribution < 1.29 is 0 Å². The lowest BCUT2D eigenvalue weighted by molar-refractivity contribution is 0.512. The Kier molecular flexibility index (Phi) is 19.8. The Morgan fingerprint density at radius 3 is 0.697 bits per heavy atom. The summed E-state index contributed by atoms with van der Waals surface area (Å²) in [5, 5.41) is 0. The molecule has 0 spiro atoms. The third-order valence-corrected chi connectivity index (χ3v) is 8.77. The largest absolute Gasteiger partial charge is 0.0776 e. The first-order chi connectivity index (χ1) is 13.9. The first kappa shape index (κ1) is 37.5. The lowest BCUT2D eigenvalue weighted by atomic mass is 10.1. The fourth-order valence-corrected chi connectivity index (χ4v) is 5.67. The molecular weight excluding hydrogens is 396 g/mol. The van der Waals surface area contributed by atoms with Gasteiger partial charge in [-0.25, -0.2) is 0 Å². The molecule has 4 aliphatic rings. The standard InChI is InChI=1S/2C8H16.2C7H14.3CH4/c2*1-4-7-5-8(7)6(2)3;2*1-5(2)7-4-6(7)3;;;/h2*6-8H,4-5H2,1-3H3;2*5-7H,4H2,1-3H3;3*1H4. The summed E-state index contributed by atoms with van der Waals surface area (Å²) < 4.78 is 0. The molecule has 0 aromatic rings. The summed E-state index contributed by atoms with van der Waals surface area (Å²) in [6, 6.07) is 0. The van der Waals surface area contributed by atoms with Crippen molar-refractivity contribution in [2.75, 3.05) is 0 Å². The molecule has 0 nitrogen and oxygen atoms in total. The van der Waals surface area contributed by atoms with E-state index in [1.165, 1.54) is 38.5 Å². The first-order valence-corrected chi connectivity index (χ1v) is 13.9. The Morgan fingerprint density at radius 1 is 0.455 bits per heavy atom. The maximum absolute atomic E-state index is 2.34. The molecule has 0 amide bonds. The van der Waals surface area contributed by atoms with E-state index in [2.05, 4.69) is 83.1 Å². The third-order valence-electron chi connectivity index (χ3n) is 8.77. The molecule has 0 heterocycles. The monoisotopic (exact) mass is 469 g/mol. The molecule has 4 aliphatic carbocycles. The summed E-state index contributed by atoms with van der Waals surface area (Å²) >= 11 is 0. The van der Waals surface area contributed by atoms with Crippen LogP contribution in [0.4, 0.5) is 0 Å². The van der Waals surface area contributed by atoms with Gasteiger partial charge in [-0.1, -0.05) is 118 Å². The van der Waals surface area contributed by atoms with E-state index in [0.717, 1.165) is 71.0 Å². The average molecular weight is 469 g/mol. The highest BCUT2D eigenvalue weighted by Gasteiger charge is 2.38. The lowest BCUT2D eigenvalue weighted by Crippen LogP contribution is -1.90. The van der Waals surface area contributed by atoms with E-state index in [9.17, 15) is 0 Å². The van der Waals surface area contributed by atoms with Gasteiger partial charge in [0.25, 0.3) is 0 Å². The van der Waals surface area contributed by atoms with Crippen LogP contribution >= 0.6 is 0 Å². The Hall–Kier alpha value is 0. The highest BCUT2D eigenvalue weighted by Crippen LogP contribution is 2.46. The number of hydrogen-bond donors (Lipinski definition) is 0. The molecule has 4 saturated carbocycles. The van der Waals surface area contributed by atoms with E-state index >= 15 is 0 Å². The van der Waals surface area contributed by atoms with Gasteiger partial charge in [0, 0.05) is 0 Å². The van der Waals surface area contributed by atoms with Crippen LogP contribution in [0.25, 0.3) is 0 Å². The van der Waals surface area contributed by atoms with E-state index in [4.69, 9.17) is 0 Å². The Balaban J connectivity index is -0.000000354. The quantitative estimate of drug-likeness (QED) is 0.363. The second-order valence-corrected chi connectivity index (χ2v) is 12.9. The van der Waals surface area contributed by atoms with Crippen molar-refractivity contribution in [1.29, 1.82) is 0 Å². The summed E-state index contributed by atoms with van der Waals surface area (Å²) in [7, 11) is 0. The molecule has 0 aromatic heterocycles. The summed E-state index contributed by atoms with van der Waals surface area (Å²) in [6.45, 7) is 27.9. The zero-order valence-electron chi connectivity index (χ0n) is 23.2. The molecule has 0 heteroatoms. The van der Waals surface area contributed by atoms with Gasteiger partial charge in [0.1, 0.15) is 0 Å². The van der Waals surface area contributed by atoms with Crippen LogP contribution < -0.4 is 0 Å². The normalized spacial score (nSPS) is 34.2. The van der Waals surface area contributed by atoms with Crippen LogP contribution in [-0.4, -0.2) is 0 Å². The average Bonchev–Trinajstić information content (AvgIpc) is 3.50. The topological polar surface area (TPSA) is 0 Å². The van der Waals surface area contributed by atoms with Crippen molar-refractivity contribution in [3.05, 3.63) is 0 Å². The summed E-state index contributed by atoms with van der Waals surface area (Å²) in [5.41, 5.74) is 0. The fourth-order valence-electron chi connectivity index (χ4n) is 5.67. The van der Waals surface area contributed by atoms with Gasteiger partial charge in [-0.2, -0.15) is 0 Å². The number of hydrogen-bond acceptors (Lipinski definition) is 0. The van der Waals surface area contributed by atoms with E-state index < -0.39 is 0 Å². The van der Waals surface area contributed by atoms with Crippen LogP contribution in [0.1, 0.15) is 144 Å².